The summed E-state index contributed by atoms with van der Waals surface area (Å²) in [4.78, 5) is 14.6. The summed E-state index contributed by atoms with van der Waals surface area (Å²) >= 11 is 0. The fourth-order valence-electron chi connectivity index (χ4n) is 2.41. The van der Waals surface area contributed by atoms with E-state index in [4.69, 9.17) is 9.47 Å². The van der Waals surface area contributed by atoms with Crippen molar-refractivity contribution in [1.29, 1.82) is 0 Å². The smallest absolute Gasteiger partial charge is 0.255 e. The van der Waals surface area contributed by atoms with E-state index in [-0.39, 0.29) is 11.9 Å². The molecule has 2 rings (SSSR count). The van der Waals surface area contributed by atoms with E-state index in [1.54, 1.807) is 19.2 Å². The third-order valence-corrected chi connectivity index (χ3v) is 3.71. The van der Waals surface area contributed by atoms with Gasteiger partial charge in [-0.1, -0.05) is 12.1 Å². The standard InChI is InChI=1S/C16H24N2O3/c1-13(7-8-18-9-11-21-12-10-18)17-16(19)14-5-3-4-6-15(14)20-2/h3-6,13H,7-12H2,1-2H3,(H,17,19). The number of morpholine rings is 1. The van der Waals surface area contributed by atoms with Crippen molar-refractivity contribution in [3.8, 4) is 5.75 Å². The van der Waals surface area contributed by atoms with Gasteiger partial charge in [0.1, 0.15) is 5.75 Å². The van der Waals surface area contributed by atoms with Gasteiger partial charge in [-0.05, 0) is 25.5 Å². The molecule has 0 spiro atoms. The zero-order valence-corrected chi connectivity index (χ0v) is 12.8. The summed E-state index contributed by atoms with van der Waals surface area (Å²) in [5.74, 6) is 0.525. The molecule has 1 aliphatic rings. The number of nitrogens with zero attached hydrogens (tertiary/aromatic N) is 1. The SMILES string of the molecule is COc1ccccc1C(=O)NC(C)CCN1CCOCC1. The van der Waals surface area contributed by atoms with E-state index in [9.17, 15) is 4.79 Å². The van der Waals surface area contributed by atoms with E-state index in [0.717, 1.165) is 39.3 Å². The predicted molar refractivity (Wildman–Crippen MR) is 81.8 cm³/mol. The Kier molecular flexibility index (Phi) is 6.02. The van der Waals surface area contributed by atoms with Crippen LogP contribution in [0.5, 0.6) is 5.75 Å². The number of methoxy groups -OCH3 is 1. The minimum Gasteiger partial charge on any atom is -0.496 e. The average molecular weight is 292 g/mol. The summed E-state index contributed by atoms with van der Waals surface area (Å²) in [5, 5.41) is 3.03. The molecule has 1 aliphatic heterocycles. The molecule has 0 bridgehead atoms. The fraction of sp³-hybridized carbons (Fsp3) is 0.562. The van der Waals surface area contributed by atoms with Crippen molar-refractivity contribution in [2.45, 2.75) is 19.4 Å². The first-order chi connectivity index (χ1) is 10.2. The van der Waals surface area contributed by atoms with Crippen LogP contribution in [0.1, 0.15) is 23.7 Å². The highest BCUT2D eigenvalue weighted by Crippen LogP contribution is 2.17. The van der Waals surface area contributed by atoms with Gasteiger partial charge in [-0.15, -0.1) is 0 Å². The van der Waals surface area contributed by atoms with E-state index < -0.39 is 0 Å². The van der Waals surface area contributed by atoms with Crippen LogP contribution in [0.25, 0.3) is 0 Å². The van der Waals surface area contributed by atoms with Crippen molar-refractivity contribution in [1.82, 2.24) is 10.2 Å². The third-order valence-electron chi connectivity index (χ3n) is 3.71. The number of ether oxygens (including phenoxy) is 2. The lowest BCUT2D eigenvalue weighted by Crippen LogP contribution is -2.40. The highest BCUT2D eigenvalue weighted by atomic mass is 16.5. The van der Waals surface area contributed by atoms with Crippen LogP contribution in [0, 0.1) is 0 Å². The zero-order chi connectivity index (χ0) is 15.1. The zero-order valence-electron chi connectivity index (χ0n) is 12.8. The summed E-state index contributed by atoms with van der Waals surface area (Å²) in [6, 6.07) is 7.41. The Morgan fingerprint density at radius 2 is 2.10 bits per heavy atom. The minimum atomic E-state index is -0.0815. The van der Waals surface area contributed by atoms with Crippen LogP contribution in [-0.2, 0) is 4.74 Å². The molecule has 5 heteroatoms. The molecule has 116 valence electrons. The van der Waals surface area contributed by atoms with Crippen LogP contribution in [0.15, 0.2) is 24.3 Å². The molecule has 1 N–H and O–H groups in total. The molecule has 1 heterocycles. The Morgan fingerprint density at radius 1 is 1.38 bits per heavy atom. The number of hydrogen-bond donors (Lipinski definition) is 1. The summed E-state index contributed by atoms with van der Waals surface area (Å²) in [7, 11) is 1.58. The summed E-state index contributed by atoms with van der Waals surface area (Å²) < 4.78 is 10.5. The normalized spacial score (nSPS) is 17.2. The second kappa shape index (κ2) is 8.00. The van der Waals surface area contributed by atoms with Crippen LogP contribution in [0.2, 0.25) is 0 Å². The van der Waals surface area contributed by atoms with Gasteiger partial charge in [0.25, 0.3) is 5.91 Å². The van der Waals surface area contributed by atoms with Gasteiger partial charge in [0.2, 0.25) is 0 Å². The minimum absolute atomic E-state index is 0.0815. The molecule has 21 heavy (non-hydrogen) atoms. The van der Waals surface area contributed by atoms with E-state index in [1.165, 1.54) is 0 Å². The molecule has 1 aromatic carbocycles. The molecule has 0 aliphatic carbocycles. The van der Waals surface area contributed by atoms with Gasteiger partial charge in [0.05, 0.1) is 25.9 Å². The lowest BCUT2D eigenvalue weighted by molar-refractivity contribution is 0.0363. The van der Waals surface area contributed by atoms with Crippen LogP contribution in [-0.4, -0.2) is 56.8 Å². The van der Waals surface area contributed by atoms with Gasteiger partial charge in [-0.25, -0.2) is 0 Å². The number of amides is 1. The molecule has 0 aromatic heterocycles. The Hall–Kier alpha value is -1.59. The summed E-state index contributed by atoms with van der Waals surface area (Å²) in [6.45, 7) is 6.59. The fourth-order valence-corrected chi connectivity index (χ4v) is 2.41. The number of carbonyl (C=O) groups is 1. The van der Waals surface area contributed by atoms with Gasteiger partial charge in [0, 0.05) is 25.7 Å². The van der Waals surface area contributed by atoms with Gasteiger partial charge in [-0.3, -0.25) is 9.69 Å². The molecular formula is C16H24N2O3. The van der Waals surface area contributed by atoms with Crippen molar-refractivity contribution in [2.24, 2.45) is 0 Å². The van der Waals surface area contributed by atoms with E-state index in [2.05, 4.69) is 10.2 Å². The van der Waals surface area contributed by atoms with Gasteiger partial charge in [0.15, 0.2) is 0 Å². The van der Waals surface area contributed by atoms with Gasteiger partial charge in [-0.2, -0.15) is 0 Å². The lowest BCUT2D eigenvalue weighted by Gasteiger charge is -2.27. The number of rotatable bonds is 6. The third kappa shape index (κ3) is 4.72. The molecule has 1 aromatic rings. The maximum Gasteiger partial charge on any atom is 0.255 e. The molecule has 5 nitrogen and oxygen atoms in total. The van der Waals surface area contributed by atoms with E-state index in [0.29, 0.717) is 11.3 Å². The number of nitrogens with one attached hydrogen (secondary N) is 1. The number of hydrogen-bond acceptors (Lipinski definition) is 4. The van der Waals surface area contributed by atoms with E-state index in [1.807, 2.05) is 19.1 Å². The average Bonchev–Trinajstić information content (AvgIpc) is 2.53. The van der Waals surface area contributed by atoms with Crippen LogP contribution in [0.3, 0.4) is 0 Å². The topological polar surface area (TPSA) is 50.8 Å². The highest BCUT2D eigenvalue weighted by Gasteiger charge is 2.15. The molecule has 1 saturated heterocycles. The van der Waals surface area contributed by atoms with Crippen molar-refractivity contribution >= 4 is 5.91 Å². The second-order valence-corrected chi connectivity index (χ2v) is 5.32. The molecule has 1 atom stereocenters. The largest absolute Gasteiger partial charge is 0.496 e. The Morgan fingerprint density at radius 3 is 2.81 bits per heavy atom. The number of carbonyl (C=O) groups excluding carboxylic acids is 1. The quantitative estimate of drug-likeness (QED) is 0.864. The van der Waals surface area contributed by atoms with Crippen LogP contribution >= 0.6 is 0 Å². The number of benzene rings is 1. The maximum absolute atomic E-state index is 12.3. The molecule has 1 fully saturated rings. The van der Waals surface area contributed by atoms with Crippen molar-refractivity contribution in [3.05, 3.63) is 29.8 Å². The van der Waals surface area contributed by atoms with Crippen molar-refractivity contribution in [2.75, 3.05) is 40.0 Å². The Bertz CT molecular complexity index is 459. The Balaban J connectivity index is 1.81. The first-order valence-corrected chi connectivity index (χ1v) is 7.44. The number of para-hydroxylation sites is 1. The molecule has 0 radical (unpaired) electrons. The molecule has 1 unspecified atom stereocenters. The van der Waals surface area contributed by atoms with Gasteiger partial charge >= 0.3 is 0 Å². The monoisotopic (exact) mass is 292 g/mol. The van der Waals surface area contributed by atoms with E-state index >= 15 is 0 Å². The van der Waals surface area contributed by atoms with Crippen LogP contribution < -0.4 is 10.1 Å². The van der Waals surface area contributed by atoms with Gasteiger partial charge < -0.3 is 14.8 Å². The first kappa shape index (κ1) is 15.8. The molecule has 1 amide bonds. The van der Waals surface area contributed by atoms with Crippen LogP contribution in [0.4, 0.5) is 0 Å². The first-order valence-electron chi connectivity index (χ1n) is 7.44. The molecular weight excluding hydrogens is 268 g/mol. The van der Waals surface area contributed by atoms with Crippen molar-refractivity contribution < 1.29 is 14.3 Å². The molecule has 0 saturated carbocycles. The summed E-state index contributed by atoms with van der Waals surface area (Å²) in [6.07, 6.45) is 0.931. The predicted octanol–water partition coefficient (Wildman–Crippen LogP) is 1.54. The summed E-state index contributed by atoms with van der Waals surface area (Å²) in [5.41, 5.74) is 0.582. The highest BCUT2D eigenvalue weighted by molar-refractivity contribution is 5.97. The van der Waals surface area contributed by atoms with Crippen molar-refractivity contribution in [3.63, 3.8) is 0 Å². The maximum atomic E-state index is 12.3. The Labute approximate surface area is 126 Å². The second-order valence-electron chi connectivity index (χ2n) is 5.32. The lowest BCUT2D eigenvalue weighted by atomic mass is 10.1.